The molecule has 0 saturated heterocycles. The second-order valence-corrected chi connectivity index (χ2v) is 7.88. The van der Waals surface area contributed by atoms with Crippen LogP contribution in [0, 0.1) is 13.8 Å². The normalized spacial score (nSPS) is 11.2. The van der Waals surface area contributed by atoms with E-state index in [9.17, 15) is 8.42 Å². The number of pyridine rings is 1. The highest BCUT2D eigenvalue weighted by molar-refractivity contribution is 7.92. The smallest absolute Gasteiger partial charge is 0.261 e. The standard InChI is InChI=1S/C20H21N3O2S/c1-15-6-9-19(10-7-15)26(24,25)23-18-8-11-20(22-14-18)21-13-17-5-3-4-16(2)12-17/h3-12,14,23H,13H2,1-2H3,(H,21,22). The first-order valence-corrected chi connectivity index (χ1v) is 9.76. The number of rotatable bonds is 6. The maximum atomic E-state index is 12.4. The lowest BCUT2D eigenvalue weighted by atomic mass is 10.1. The van der Waals surface area contributed by atoms with E-state index in [0.717, 1.165) is 11.1 Å². The molecule has 0 bridgehead atoms. The molecule has 0 aliphatic heterocycles. The summed E-state index contributed by atoms with van der Waals surface area (Å²) in [7, 11) is -3.61. The van der Waals surface area contributed by atoms with Gasteiger partial charge in [0, 0.05) is 6.54 Å². The summed E-state index contributed by atoms with van der Waals surface area (Å²) in [5, 5.41) is 3.23. The predicted molar refractivity (Wildman–Crippen MR) is 105 cm³/mol. The molecule has 3 rings (SSSR count). The third-order valence-corrected chi connectivity index (χ3v) is 5.30. The predicted octanol–water partition coefficient (Wildman–Crippen LogP) is 4.11. The molecule has 134 valence electrons. The van der Waals surface area contributed by atoms with E-state index in [4.69, 9.17) is 0 Å². The van der Waals surface area contributed by atoms with Gasteiger partial charge in [0.2, 0.25) is 0 Å². The van der Waals surface area contributed by atoms with E-state index >= 15 is 0 Å². The minimum atomic E-state index is -3.61. The molecular weight excluding hydrogens is 346 g/mol. The lowest BCUT2D eigenvalue weighted by Crippen LogP contribution is -2.13. The van der Waals surface area contributed by atoms with Crippen molar-refractivity contribution in [3.63, 3.8) is 0 Å². The number of hydrogen-bond acceptors (Lipinski definition) is 4. The molecule has 0 radical (unpaired) electrons. The van der Waals surface area contributed by atoms with Crippen molar-refractivity contribution in [2.75, 3.05) is 10.0 Å². The molecule has 5 nitrogen and oxygen atoms in total. The van der Waals surface area contributed by atoms with Crippen LogP contribution in [-0.2, 0) is 16.6 Å². The fourth-order valence-electron chi connectivity index (χ4n) is 2.51. The van der Waals surface area contributed by atoms with Gasteiger partial charge in [0.25, 0.3) is 10.0 Å². The molecule has 3 aromatic rings. The molecule has 0 aliphatic carbocycles. The van der Waals surface area contributed by atoms with Gasteiger partial charge in [-0.05, 0) is 43.7 Å². The average Bonchev–Trinajstić information content (AvgIpc) is 2.61. The Bertz CT molecular complexity index is 982. The van der Waals surface area contributed by atoms with Crippen LogP contribution < -0.4 is 10.0 Å². The number of aryl methyl sites for hydroxylation is 2. The van der Waals surface area contributed by atoms with E-state index in [1.54, 1.807) is 36.4 Å². The molecule has 0 unspecified atom stereocenters. The molecule has 2 aromatic carbocycles. The van der Waals surface area contributed by atoms with Gasteiger partial charge >= 0.3 is 0 Å². The Morgan fingerprint density at radius 1 is 0.923 bits per heavy atom. The van der Waals surface area contributed by atoms with E-state index in [0.29, 0.717) is 18.1 Å². The fraction of sp³-hybridized carbons (Fsp3) is 0.150. The Hall–Kier alpha value is -2.86. The van der Waals surface area contributed by atoms with Crippen LogP contribution in [0.25, 0.3) is 0 Å². The van der Waals surface area contributed by atoms with Crippen molar-refractivity contribution in [2.24, 2.45) is 0 Å². The van der Waals surface area contributed by atoms with Crippen LogP contribution >= 0.6 is 0 Å². The summed E-state index contributed by atoms with van der Waals surface area (Å²) in [6.07, 6.45) is 1.50. The van der Waals surface area contributed by atoms with Crippen molar-refractivity contribution < 1.29 is 8.42 Å². The zero-order valence-corrected chi connectivity index (χ0v) is 15.5. The molecule has 0 saturated carbocycles. The topological polar surface area (TPSA) is 71.1 Å². The largest absolute Gasteiger partial charge is 0.366 e. The second-order valence-electron chi connectivity index (χ2n) is 6.19. The van der Waals surface area contributed by atoms with Crippen molar-refractivity contribution in [2.45, 2.75) is 25.3 Å². The number of nitrogens with zero attached hydrogens (tertiary/aromatic N) is 1. The van der Waals surface area contributed by atoms with Gasteiger partial charge in [0.1, 0.15) is 5.82 Å². The quantitative estimate of drug-likeness (QED) is 0.688. The SMILES string of the molecule is Cc1ccc(S(=O)(=O)Nc2ccc(NCc3cccc(C)c3)nc2)cc1. The molecule has 6 heteroatoms. The van der Waals surface area contributed by atoms with E-state index in [-0.39, 0.29) is 4.90 Å². The Morgan fingerprint density at radius 3 is 2.35 bits per heavy atom. The first-order valence-electron chi connectivity index (χ1n) is 8.27. The average molecular weight is 367 g/mol. The van der Waals surface area contributed by atoms with Gasteiger partial charge in [0.15, 0.2) is 0 Å². The molecule has 1 heterocycles. The van der Waals surface area contributed by atoms with Crippen molar-refractivity contribution in [3.8, 4) is 0 Å². The van der Waals surface area contributed by atoms with Crippen LogP contribution in [0.4, 0.5) is 11.5 Å². The molecule has 26 heavy (non-hydrogen) atoms. The van der Waals surface area contributed by atoms with E-state index < -0.39 is 10.0 Å². The minimum absolute atomic E-state index is 0.227. The van der Waals surface area contributed by atoms with Crippen molar-refractivity contribution in [1.29, 1.82) is 0 Å². The number of hydrogen-bond donors (Lipinski definition) is 2. The van der Waals surface area contributed by atoms with Gasteiger partial charge in [-0.15, -0.1) is 0 Å². The summed E-state index contributed by atoms with van der Waals surface area (Å²) in [6, 6.07) is 18.4. The number of aromatic nitrogens is 1. The third kappa shape index (κ3) is 4.61. The summed E-state index contributed by atoms with van der Waals surface area (Å²) in [5.74, 6) is 0.685. The van der Waals surface area contributed by atoms with Gasteiger partial charge < -0.3 is 5.32 Å². The van der Waals surface area contributed by atoms with Crippen LogP contribution in [0.1, 0.15) is 16.7 Å². The van der Waals surface area contributed by atoms with Gasteiger partial charge in [-0.3, -0.25) is 4.72 Å². The summed E-state index contributed by atoms with van der Waals surface area (Å²) in [6.45, 7) is 4.62. The second kappa shape index (κ2) is 7.58. The lowest BCUT2D eigenvalue weighted by molar-refractivity contribution is 0.601. The number of nitrogens with one attached hydrogen (secondary N) is 2. The summed E-state index contributed by atoms with van der Waals surface area (Å²) >= 11 is 0. The van der Waals surface area contributed by atoms with Crippen molar-refractivity contribution >= 4 is 21.5 Å². The van der Waals surface area contributed by atoms with Crippen LogP contribution in [-0.4, -0.2) is 13.4 Å². The highest BCUT2D eigenvalue weighted by Crippen LogP contribution is 2.17. The van der Waals surface area contributed by atoms with Crippen LogP contribution in [0.5, 0.6) is 0 Å². The molecule has 2 N–H and O–H groups in total. The number of benzene rings is 2. The number of sulfonamides is 1. The first-order chi connectivity index (χ1) is 12.4. The maximum Gasteiger partial charge on any atom is 0.261 e. The van der Waals surface area contributed by atoms with Gasteiger partial charge in [-0.1, -0.05) is 47.5 Å². The fourth-order valence-corrected chi connectivity index (χ4v) is 3.55. The van der Waals surface area contributed by atoms with Crippen LogP contribution in [0.15, 0.2) is 71.8 Å². The molecule has 0 aliphatic rings. The molecule has 1 aromatic heterocycles. The molecule has 0 spiro atoms. The Labute approximate surface area is 154 Å². The van der Waals surface area contributed by atoms with Gasteiger partial charge in [0.05, 0.1) is 16.8 Å². The van der Waals surface area contributed by atoms with Crippen LogP contribution in [0.3, 0.4) is 0 Å². The maximum absolute atomic E-state index is 12.4. The first kappa shape index (κ1) is 17.9. The van der Waals surface area contributed by atoms with E-state index in [1.807, 2.05) is 19.1 Å². The molecular formula is C20H21N3O2S. The van der Waals surface area contributed by atoms with Crippen molar-refractivity contribution in [3.05, 3.63) is 83.6 Å². The highest BCUT2D eigenvalue weighted by atomic mass is 32.2. The van der Waals surface area contributed by atoms with Gasteiger partial charge in [-0.2, -0.15) is 0 Å². The Morgan fingerprint density at radius 2 is 1.69 bits per heavy atom. The summed E-state index contributed by atoms with van der Waals surface area (Å²) < 4.78 is 27.3. The Kier molecular flexibility index (Phi) is 5.23. The Balaban J connectivity index is 1.64. The highest BCUT2D eigenvalue weighted by Gasteiger charge is 2.13. The third-order valence-electron chi connectivity index (χ3n) is 3.90. The van der Waals surface area contributed by atoms with Crippen molar-refractivity contribution in [1.82, 2.24) is 4.98 Å². The minimum Gasteiger partial charge on any atom is -0.366 e. The zero-order chi connectivity index (χ0) is 18.6. The monoisotopic (exact) mass is 367 g/mol. The molecule has 0 fully saturated rings. The molecule has 0 atom stereocenters. The van der Waals surface area contributed by atoms with E-state index in [2.05, 4.69) is 34.1 Å². The van der Waals surface area contributed by atoms with Gasteiger partial charge in [-0.25, -0.2) is 13.4 Å². The van der Waals surface area contributed by atoms with Crippen LogP contribution in [0.2, 0.25) is 0 Å². The zero-order valence-electron chi connectivity index (χ0n) is 14.7. The number of anilines is 2. The molecule has 0 amide bonds. The summed E-state index contributed by atoms with van der Waals surface area (Å²) in [5.41, 5.74) is 3.80. The van der Waals surface area contributed by atoms with E-state index in [1.165, 1.54) is 11.8 Å². The summed E-state index contributed by atoms with van der Waals surface area (Å²) in [4.78, 5) is 4.50. The lowest BCUT2D eigenvalue weighted by Gasteiger charge is -2.10.